The fourth-order valence-electron chi connectivity index (χ4n) is 6.99. The first-order valence-electron chi connectivity index (χ1n) is 17.9. The number of hydrogen-bond donors (Lipinski definition) is 4. The van der Waals surface area contributed by atoms with Crippen LogP contribution < -0.4 is 0 Å². The Morgan fingerprint density at radius 3 is 0.604 bits per heavy atom. The summed E-state index contributed by atoms with van der Waals surface area (Å²) < 4.78 is 18.6. The summed E-state index contributed by atoms with van der Waals surface area (Å²) in [6, 6.07) is 0. The smallest absolute Gasteiger partial charge is 0.308 e. The summed E-state index contributed by atoms with van der Waals surface area (Å²) in [5, 5.41) is 35.1. The molecule has 0 unspecified atom stereocenters. The molecule has 0 saturated heterocycles. The lowest BCUT2D eigenvalue weighted by atomic mass is 9.82. The van der Waals surface area contributed by atoms with Gasteiger partial charge in [-0.25, -0.2) is 0 Å². The molecule has 0 bridgehead atoms. The van der Waals surface area contributed by atoms with E-state index in [9.17, 15) is 19.2 Å². The van der Waals surface area contributed by atoms with Gasteiger partial charge >= 0.3 is 23.9 Å². The minimum atomic E-state index is -0.159. The van der Waals surface area contributed by atoms with Gasteiger partial charge < -0.3 is 39.4 Å². The minimum absolute atomic E-state index is 0.0269. The van der Waals surface area contributed by atoms with Gasteiger partial charge in [-0.1, -0.05) is 0 Å². The summed E-state index contributed by atoms with van der Waals surface area (Å²) in [5.74, 6) is 1.32. The molecule has 4 aliphatic carbocycles. The Kier molecular flexibility index (Phi) is 23.4. The molecule has 0 spiro atoms. The summed E-state index contributed by atoms with van der Waals surface area (Å²) in [5.41, 5.74) is 0. The molecule has 280 valence electrons. The van der Waals surface area contributed by atoms with Gasteiger partial charge in [-0.15, -0.1) is 0 Å². The molecule has 0 radical (unpaired) electrons. The molecular weight excluding hydrogens is 624 g/mol. The van der Waals surface area contributed by atoms with Crippen molar-refractivity contribution >= 4 is 23.9 Å². The molecule has 0 heterocycles. The van der Waals surface area contributed by atoms with Gasteiger partial charge in [-0.05, 0) is 126 Å². The maximum absolute atomic E-state index is 11.2. The normalized spacial score (nSPS) is 29.8. The lowest BCUT2D eigenvalue weighted by molar-refractivity contribution is -0.151. The van der Waals surface area contributed by atoms with E-state index in [1.165, 1.54) is 28.4 Å². The van der Waals surface area contributed by atoms with Crippen LogP contribution in [0.5, 0.6) is 0 Å². The highest BCUT2D eigenvalue weighted by atomic mass is 16.5. The molecule has 0 aromatic heterocycles. The van der Waals surface area contributed by atoms with Crippen LogP contribution in [0.2, 0.25) is 0 Å². The van der Waals surface area contributed by atoms with Crippen LogP contribution in [0.25, 0.3) is 0 Å². The Hall–Kier alpha value is -2.28. The second-order valence-electron chi connectivity index (χ2n) is 13.7. The first-order valence-corrected chi connectivity index (χ1v) is 17.9. The Labute approximate surface area is 287 Å². The van der Waals surface area contributed by atoms with E-state index in [-0.39, 0.29) is 47.5 Å². The molecule has 0 aromatic carbocycles. The fraction of sp³-hybridized carbons (Fsp3) is 0.889. The van der Waals surface area contributed by atoms with E-state index in [0.717, 1.165) is 103 Å². The lowest BCUT2D eigenvalue weighted by Gasteiger charge is -2.25. The van der Waals surface area contributed by atoms with Gasteiger partial charge in [0.2, 0.25) is 0 Å². The molecule has 12 heteroatoms. The van der Waals surface area contributed by atoms with Crippen LogP contribution >= 0.6 is 0 Å². The van der Waals surface area contributed by atoms with Crippen molar-refractivity contribution in [2.45, 2.75) is 103 Å². The third-order valence-corrected chi connectivity index (χ3v) is 10.6. The zero-order chi connectivity index (χ0) is 35.9. The highest BCUT2D eigenvalue weighted by molar-refractivity contribution is 5.75. The molecular formula is C36H64O12. The van der Waals surface area contributed by atoms with Gasteiger partial charge in [-0.2, -0.15) is 0 Å². The molecule has 0 aliphatic heterocycles. The Morgan fingerprint density at radius 1 is 0.354 bits per heavy atom. The number of carbonyl (C=O) groups excluding carboxylic acids is 4. The average molecular weight is 689 g/mol. The van der Waals surface area contributed by atoms with E-state index in [2.05, 4.69) is 18.9 Å². The van der Waals surface area contributed by atoms with E-state index < -0.39 is 0 Å². The quantitative estimate of drug-likeness (QED) is 0.214. The highest BCUT2D eigenvalue weighted by Crippen LogP contribution is 2.31. The average Bonchev–Trinajstić information content (AvgIpc) is 3.17. The molecule has 4 N–H and O–H groups in total. The zero-order valence-corrected chi connectivity index (χ0v) is 29.8. The number of methoxy groups -OCH3 is 4. The molecule has 0 amide bonds. The number of aliphatic hydroxyl groups excluding tert-OH is 4. The van der Waals surface area contributed by atoms with Gasteiger partial charge in [0, 0.05) is 26.4 Å². The lowest BCUT2D eigenvalue weighted by Crippen LogP contribution is -2.27. The molecule has 4 rings (SSSR count). The second-order valence-corrected chi connectivity index (χ2v) is 13.7. The van der Waals surface area contributed by atoms with Gasteiger partial charge in [0.15, 0.2) is 0 Å². The van der Waals surface area contributed by atoms with Crippen LogP contribution in [-0.4, -0.2) is 99.2 Å². The number of aliphatic hydroxyl groups is 4. The monoisotopic (exact) mass is 688 g/mol. The van der Waals surface area contributed by atoms with Crippen molar-refractivity contribution in [3.05, 3.63) is 0 Å². The van der Waals surface area contributed by atoms with Crippen LogP contribution in [0, 0.1) is 47.3 Å². The number of carbonyl (C=O) groups is 4. The second kappa shape index (κ2) is 25.7. The minimum Gasteiger partial charge on any atom is -0.469 e. The summed E-state index contributed by atoms with van der Waals surface area (Å²) in [6.07, 6.45) is 14.6. The maximum Gasteiger partial charge on any atom is 0.308 e. The highest BCUT2D eigenvalue weighted by Gasteiger charge is 2.32. The van der Waals surface area contributed by atoms with Crippen LogP contribution in [0.15, 0.2) is 0 Å². The van der Waals surface area contributed by atoms with E-state index in [4.69, 9.17) is 20.4 Å². The number of hydrogen-bond acceptors (Lipinski definition) is 12. The fourth-order valence-corrected chi connectivity index (χ4v) is 6.99. The molecule has 0 aromatic rings. The van der Waals surface area contributed by atoms with Crippen LogP contribution in [0.3, 0.4) is 0 Å². The van der Waals surface area contributed by atoms with E-state index in [1.807, 2.05) is 0 Å². The van der Waals surface area contributed by atoms with Crippen molar-refractivity contribution in [1.29, 1.82) is 0 Å². The molecule has 48 heavy (non-hydrogen) atoms. The third-order valence-electron chi connectivity index (χ3n) is 10.6. The van der Waals surface area contributed by atoms with E-state index >= 15 is 0 Å². The summed E-state index contributed by atoms with van der Waals surface area (Å²) in [6.45, 7) is 1.33. The Balaban J connectivity index is 0.000000324. The standard InChI is InChI=1S/2C10H16O4.2C8H16O2/c2*1-13-9(11)7-3-5-8(6-4-7)10(12)14-2;2*9-5-7-1-2-8(6-10)4-3-7/h2*7-8H,3-6H2,1-2H3;2*7-10H,1-6H2. The predicted molar refractivity (Wildman–Crippen MR) is 178 cm³/mol. The van der Waals surface area contributed by atoms with Gasteiger partial charge in [0.1, 0.15) is 0 Å². The third kappa shape index (κ3) is 16.4. The predicted octanol–water partition coefficient (Wildman–Crippen LogP) is 3.83. The van der Waals surface area contributed by atoms with Crippen molar-refractivity contribution in [3.8, 4) is 0 Å². The molecule has 0 atom stereocenters. The number of ether oxygens (including phenoxy) is 4. The largest absolute Gasteiger partial charge is 0.469 e. The van der Waals surface area contributed by atoms with Gasteiger partial charge in [0.05, 0.1) is 52.1 Å². The summed E-state index contributed by atoms with van der Waals surface area (Å²) >= 11 is 0. The first-order chi connectivity index (χ1) is 23.1. The molecule has 4 fully saturated rings. The SMILES string of the molecule is COC(=O)C1CCC(C(=O)OC)CC1.COC(=O)C1CCC(C(=O)OC)CC1.OCC1CCC(CO)CC1.OCC1CCC(CO)CC1. The first kappa shape index (κ1) is 43.7. The summed E-state index contributed by atoms with van der Waals surface area (Å²) in [7, 11) is 5.59. The Morgan fingerprint density at radius 2 is 0.500 bits per heavy atom. The van der Waals surface area contributed by atoms with Crippen LogP contribution in [0.1, 0.15) is 103 Å². The van der Waals surface area contributed by atoms with Gasteiger partial charge in [0.25, 0.3) is 0 Å². The zero-order valence-electron chi connectivity index (χ0n) is 29.8. The van der Waals surface area contributed by atoms with Crippen molar-refractivity contribution < 1.29 is 58.6 Å². The topological polar surface area (TPSA) is 186 Å². The van der Waals surface area contributed by atoms with E-state index in [1.54, 1.807) is 0 Å². The van der Waals surface area contributed by atoms with Crippen molar-refractivity contribution in [3.63, 3.8) is 0 Å². The van der Waals surface area contributed by atoms with Crippen molar-refractivity contribution in [2.75, 3.05) is 54.9 Å². The maximum atomic E-state index is 11.2. The van der Waals surface area contributed by atoms with E-state index in [0.29, 0.717) is 50.1 Å². The Bertz CT molecular complexity index is 735. The van der Waals surface area contributed by atoms with Gasteiger partial charge in [-0.3, -0.25) is 19.2 Å². The van der Waals surface area contributed by atoms with Crippen LogP contribution in [-0.2, 0) is 38.1 Å². The van der Waals surface area contributed by atoms with Crippen LogP contribution in [0.4, 0.5) is 0 Å². The summed E-state index contributed by atoms with van der Waals surface area (Å²) in [4.78, 5) is 44.7. The van der Waals surface area contributed by atoms with Crippen molar-refractivity contribution in [1.82, 2.24) is 0 Å². The molecule has 4 aliphatic rings. The molecule has 4 saturated carbocycles. The van der Waals surface area contributed by atoms with Crippen molar-refractivity contribution in [2.24, 2.45) is 47.3 Å². The number of rotatable bonds is 8. The molecule has 12 nitrogen and oxygen atoms in total. The number of esters is 4.